The summed E-state index contributed by atoms with van der Waals surface area (Å²) in [7, 11) is -3.48. The van der Waals surface area contributed by atoms with Crippen LogP contribution in [0, 0.1) is 10.1 Å². The first kappa shape index (κ1) is 14.1. The zero-order chi connectivity index (χ0) is 14.8. The van der Waals surface area contributed by atoms with E-state index < -0.39 is 14.8 Å². The smallest absolute Gasteiger partial charge is 0.293 e. The van der Waals surface area contributed by atoms with E-state index in [1.54, 1.807) is 12.1 Å². The normalized spacial score (nSPS) is 11.2. The molecule has 0 saturated carbocycles. The highest BCUT2D eigenvalue weighted by atomic mass is 32.2. The van der Waals surface area contributed by atoms with E-state index in [2.05, 4.69) is 5.32 Å². The fourth-order valence-corrected chi connectivity index (χ4v) is 2.28. The second-order valence-corrected chi connectivity index (χ2v) is 6.16. The zero-order valence-electron chi connectivity index (χ0n) is 10.6. The van der Waals surface area contributed by atoms with Crippen molar-refractivity contribution >= 4 is 21.2 Å². The molecule has 20 heavy (non-hydrogen) atoms. The van der Waals surface area contributed by atoms with Crippen molar-refractivity contribution in [1.82, 2.24) is 0 Å². The maximum absolute atomic E-state index is 11.4. The molecule has 0 spiro atoms. The number of sulfone groups is 1. The van der Waals surface area contributed by atoms with Crippen molar-refractivity contribution in [2.45, 2.75) is 11.4 Å². The summed E-state index contributed by atoms with van der Waals surface area (Å²) < 4.78 is 27.9. The molecule has 0 fully saturated rings. The number of rotatable bonds is 5. The topological polar surface area (TPSA) is 102 Å². The summed E-state index contributed by atoms with van der Waals surface area (Å²) in [6, 6.07) is 7.17. The van der Waals surface area contributed by atoms with Crippen LogP contribution in [-0.4, -0.2) is 19.6 Å². The highest BCUT2D eigenvalue weighted by molar-refractivity contribution is 7.90. The highest BCUT2D eigenvalue weighted by Gasteiger charge is 2.18. The van der Waals surface area contributed by atoms with Gasteiger partial charge in [-0.05, 0) is 24.3 Å². The third kappa shape index (κ3) is 3.15. The Kier molecular flexibility index (Phi) is 3.75. The lowest BCUT2D eigenvalue weighted by Gasteiger charge is -2.07. The lowest BCUT2D eigenvalue weighted by Crippen LogP contribution is -2.04. The van der Waals surface area contributed by atoms with E-state index in [-0.39, 0.29) is 22.8 Å². The van der Waals surface area contributed by atoms with Gasteiger partial charge < -0.3 is 9.73 Å². The molecule has 1 aromatic carbocycles. The van der Waals surface area contributed by atoms with Gasteiger partial charge in [0, 0.05) is 12.3 Å². The summed E-state index contributed by atoms with van der Waals surface area (Å²) in [4.78, 5) is 10.3. The van der Waals surface area contributed by atoms with Crippen LogP contribution in [0.3, 0.4) is 0 Å². The first-order valence-corrected chi connectivity index (χ1v) is 7.52. The van der Waals surface area contributed by atoms with Gasteiger partial charge in [-0.15, -0.1) is 0 Å². The average Bonchev–Trinajstić information content (AvgIpc) is 2.88. The molecule has 2 rings (SSSR count). The molecule has 0 aliphatic heterocycles. The Balaban J connectivity index is 2.31. The minimum absolute atomic E-state index is 0.0900. The van der Waals surface area contributed by atoms with Crippen molar-refractivity contribution in [3.63, 3.8) is 0 Å². The van der Waals surface area contributed by atoms with E-state index >= 15 is 0 Å². The Hall–Kier alpha value is -2.35. The van der Waals surface area contributed by atoms with Crippen LogP contribution in [-0.2, 0) is 16.4 Å². The molecule has 8 heteroatoms. The molecule has 0 atom stereocenters. The highest BCUT2D eigenvalue weighted by Crippen LogP contribution is 2.28. The van der Waals surface area contributed by atoms with Crippen LogP contribution in [0.4, 0.5) is 11.4 Å². The first-order valence-electron chi connectivity index (χ1n) is 5.62. The molecule has 0 aliphatic rings. The summed E-state index contributed by atoms with van der Waals surface area (Å²) in [5.74, 6) is 0.617. The number of nitrogens with zero attached hydrogens (tertiary/aromatic N) is 1. The maximum Gasteiger partial charge on any atom is 0.293 e. The van der Waals surface area contributed by atoms with Crippen molar-refractivity contribution in [1.29, 1.82) is 0 Å². The lowest BCUT2D eigenvalue weighted by atomic mass is 10.2. The standard InChI is InChI=1S/C12H12N2O5S/c1-20(17,18)10-4-5-11(12(7-10)14(15)16)13-8-9-3-2-6-19-9/h2-7,13H,8H2,1H3. The van der Waals surface area contributed by atoms with E-state index in [1.165, 1.54) is 18.4 Å². The van der Waals surface area contributed by atoms with Crippen LogP contribution in [0.25, 0.3) is 0 Å². The van der Waals surface area contributed by atoms with Gasteiger partial charge in [0.2, 0.25) is 0 Å². The second kappa shape index (κ2) is 5.33. The Morgan fingerprint density at radius 1 is 1.35 bits per heavy atom. The van der Waals surface area contributed by atoms with Crippen molar-refractivity contribution in [3.05, 3.63) is 52.5 Å². The maximum atomic E-state index is 11.4. The fraction of sp³-hybridized carbons (Fsp3) is 0.167. The first-order chi connectivity index (χ1) is 9.38. The number of nitrogens with one attached hydrogen (secondary N) is 1. The molecule has 106 valence electrons. The van der Waals surface area contributed by atoms with Gasteiger partial charge in [-0.25, -0.2) is 8.42 Å². The molecular formula is C12H12N2O5S. The van der Waals surface area contributed by atoms with Gasteiger partial charge in [0.15, 0.2) is 9.84 Å². The molecule has 0 amide bonds. The minimum Gasteiger partial charge on any atom is -0.467 e. The Morgan fingerprint density at radius 3 is 2.65 bits per heavy atom. The Bertz CT molecular complexity index is 722. The molecule has 0 aliphatic carbocycles. The second-order valence-electron chi connectivity index (χ2n) is 4.14. The number of hydrogen-bond donors (Lipinski definition) is 1. The molecule has 0 bridgehead atoms. The van der Waals surface area contributed by atoms with Crippen LogP contribution < -0.4 is 5.32 Å². The van der Waals surface area contributed by atoms with Crippen LogP contribution in [0.15, 0.2) is 45.9 Å². The predicted molar refractivity (Wildman–Crippen MR) is 72.2 cm³/mol. The third-order valence-electron chi connectivity index (χ3n) is 2.63. The van der Waals surface area contributed by atoms with Crippen LogP contribution in [0.2, 0.25) is 0 Å². The van der Waals surface area contributed by atoms with Crippen LogP contribution >= 0.6 is 0 Å². The number of nitro benzene ring substituents is 1. The molecule has 1 heterocycles. The quantitative estimate of drug-likeness (QED) is 0.670. The van der Waals surface area contributed by atoms with E-state index in [0.29, 0.717) is 5.76 Å². The number of benzene rings is 1. The molecular weight excluding hydrogens is 284 g/mol. The zero-order valence-corrected chi connectivity index (χ0v) is 11.4. The molecule has 2 aromatic rings. The largest absolute Gasteiger partial charge is 0.467 e. The van der Waals surface area contributed by atoms with Crippen LogP contribution in [0.1, 0.15) is 5.76 Å². The van der Waals surface area contributed by atoms with Crippen molar-refractivity contribution in [3.8, 4) is 0 Å². The Labute approximate surface area is 115 Å². The molecule has 0 radical (unpaired) electrons. The molecule has 0 saturated heterocycles. The predicted octanol–water partition coefficient (Wildman–Crippen LogP) is 2.20. The average molecular weight is 296 g/mol. The van der Waals surface area contributed by atoms with Gasteiger partial charge in [0.1, 0.15) is 11.4 Å². The van der Waals surface area contributed by atoms with Crippen molar-refractivity contribution in [2.24, 2.45) is 0 Å². The van der Waals surface area contributed by atoms with E-state index in [9.17, 15) is 18.5 Å². The van der Waals surface area contributed by atoms with Crippen LogP contribution in [0.5, 0.6) is 0 Å². The summed E-state index contributed by atoms with van der Waals surface area (Å²) >= 11 is 0. The molecule has 0 unspecified atom stereocenters. The molecule has 1 aromatic heterocycles. The third-order valence-corrected chi connectivity index (χ3v) is 3.74. The van der Waals surface area contributed by atoms with E-state index in [0.717, 1.165) is 12.3 Å². The number of furan rings is 1. The summed E-state index contributed by atoms with van der Waals surface area (Å²) in [6.07, 6.45) is 2.50. The van der Waals surface area contributed by atoms with Gasteiger partial charge in [-0.2, -0.15) is 0 Å². The van der Waals surface area contributed by atoms with Gasteiger partial charge in [-0.1, -0.05) is 0 Å². The van der Waals surface area contributed by atoms with Crippen molar-refractivity contribution in [2.75, 3.05) is 11.6 Å². The summed E-state index contributed by atoms with van der Waals surface area (Å²) in [6.45, 7) is 0.270. The van der Waals surface area contributed by atoms with Gasteiger partial charge in [0.05, 0.1) is 22.6 Å². The van der Waals surface area contributed by atoms with E-state index in [4.69, 9.17) is 4.42 Å². The summed E-state index contributed by atoms with van der Waals surface area (Å²) in [5.41, 5.74) is -0.0571. The number of anilines is 1. The lowest BCUT2D eigenvalue weighted by molar-refractivity contribution is -0.384. The minimum atomic E-state index is -3.48. The van der Waals surface area contributed by atoms with Gasteiger partial charge in [-0.3, -0.25) is 10.1 Å². The molecule has 7 nitrogen and oxygen atoms in total. The molecule has 1 N–H and O–H groups in total. The van der Waals surface area contributed by atoms with Gasteiger partial charge >= 0.3 is 0 Å². The van der Waals surface area contributed by atoms with Gasteiger partial charge in [0.25, 0.3) is 5.69 Å². The summed E-state index contributed by atoms with van der Waals surface area (Å²) in [5, 5.41) is 13.9. The number of hydrogen-bond acceptors (Lipinski definition) is 6. The number of nitro groups is 1. The fourth-order valence-electron chi connectivity index (χ4n) is 1.64. The SMILES string of the molecule is CS(=O)(=O)c1ccc(NCc2ccco2)c([N+](=O)[O-])c1. The van der Waals surface area contributed by atoms with Crippen molar-refractivity contribution < 1.29 is 17.8 Å². The monoisotopic (exact) mass is 296 g/mol. The Morgan fingerprint density at radius 2 is 2.10 bits per heavy atom. The van der Waals surface area contributed by atoms with E-state index in [1.807, 2.05) is 0 Å².